The number of aromatic hydroxyl groups is 1. The number of rotatable bonds is 3. The summed E-state index contributed by atoms with van der Waals surface area (Å²) in [5, 5.41) is 25.0. The van der Waals surface area contributed by atoms with Gasteiger partial charge in [0.15, 0.2) is 0 Å². The molecule has 116 valence electrons. The molecule has 0 spiro atoms. The van der Waals surface area contributed by atoms with Gasteiger partial charge in [-0.2, -0.15) is 0 Å². The number of benzene rings is 4. The zero-order chi connectivity index (χ0) is 16.8. The van der Waals surface area contributed by atoms with E-state index >= 15 is 0 Å². The van der Waals surface area contributed by atoms with E-state index in [2.05, 4.69) is 0 Å². The van der Waals surface area contributed by atoms with E-state index in [-0.39, 0.29) is 5.75 Å². The van der Waals surface area contributed by atoms with Crippen molar-refractivity contribution in [3.8, 4) is 5.75 Å². The summed E-state index contributed by atoms with van der Waals surface area (Å²) in [4.78, 5) is 22.0. The molecule has 2 N–H and O–H groups in total. The van der Waals surface area contributed by atoms with E-state index in [0.29, 0.717) is 5.56 Å². The van der Waals surface area contributed by atoms with Crippen molar-refractivity contribution >= 4 is 50.1 Å². The van der Waals surface area contributed by atoms with Gasteiger partial charge in [-0.05, 0) is 50.5 Å². The molecule has 0 aliphatic carbocycles. The zero-order valence-electron chi connectivity index (χ0n) is 12.5. The van der Waals surface area contributed by atoms with Gasteiger partial charge in [0.25, 0.3) is 5.78 Å². The minimum absolute atomic E-state index is 0.00956. The van der Waals surface area contributed by atoms with Crippen LogP contribution < -0.4 is 0 Å². The van der Waals surface area contributed by atoms with E-state index in [1.807, 2.05) is 42.5 Å². The van der Waals surface area contributed by atoms with E-state index in [4.69, 9.17) is 5.11 Å². The molecule has 4 aromatic carbocycles. The van der Waals surface area contributed by atoms with Gasteiger partial charge in [0.1, 0.15) is 5.75 Å². The molecule has 0 amide bonds. The minimum atomic E-state index is -1.52. The number of carboxylic acids is 1. The molecule has 4 aromatic rings. The van der Waals surface area contributed by atoms with Gasteiger partial charge in [0.2, 0.25) is 0 Å². The Balaban J connectivity index is 2.09. The molecule has 0 heterocycles. The monoisotopic (exact) mass is 316 g/mol. The molecule has 4 nitrogen and oxygen atoms in total. The standard InChI is InChI=1S/C20H12O4/c21-16(20(23)24)9-8-14-15-7-6-12-3-1-2-11-4-5-13(10-17(14)22)19(15)18(11)12/h1-10,22H,(H,23,24)/b9-8-. The SMILES string of the molecule is O=C(O)C(=O)/C=C\c1c(O)cc2ccc3cccc4ccc1c2c34. The quantitative estimate of drug-likeness (QED) is 0.341. The van der Waals surface area contributed by atoms with Crippen molar-refractivity contribution in [2.45, 2.75) is 0 Å². The molecule has 0 atom stereocenters. The molecule has 0 aliphatic heterocycles. The lowest BCUT2D eigenvalue weighted by molar-refractivity contribution is -0.146. The molecule has 4 heteroatoms. The van der Waals surface area contributed by atoms with Crippen molar-refractivity contribution in [1.82, 2.24) is 0 Å². The minimum Gasteiger partial charge on any atom is -0.507 e. The Labute approximate surface area is 136 Å². The zero-order valence-corrected chi connectivity index (χ0v) is 12.5. The number of hydrogen-bond acceptors (Lipinski definition) is 3. The Kier molecular flexibility index (Phi) is 3.00. The Morgan fingerprint density at radius 2 is 1.54 bits per heavy atom. The fraction of sp³-hybridized carbons (Fsp3) is 0. The topological polar surface area (TPSA) is 74.6 Å². The maximum atomic E-state index is 11.3. The second-order valence-corrected chi connectivity index (χ2v) is 5.67. The van der Waals surface area contributed by atoms with Crippen LogP contribution in [0.1, 0.15) is 5.56 Å². The number of carbonyl (C=O) groups is 2. The lowest BCUT2D eigenvalue weighted by Gasteiger charge is -2.13. The van der Waals surface area contributed by atoms with Crippen LogP contribution in [0.3, 0.4) is 0 Å². The summed E-state index contributed by atoms with van der Waals surface area (Å²) in [6.45, 7) is 0. The van der Waals surface area contributed by atoms with E-state index in [0.717, 1.165) is 38.4 Å². The Morgan fingerprint density at radius 1 is 0.875 bits per heavy atom. The van der Waals surface area contributed by atoms with Crippen LogP contribution >= 0.6 is 0 Å². The molecule has 4 rings (SSSR count). The largest absolute Gasteiger partial charge is 0.507 e. The van der Waals surface area contributed by atoms with Crippen LogP contribution in [0.15, 0.2) is 54.6 Å². The third-order valence-electron chi connectivity index (χ3n) is 4.28. The van der Waals surface area contributed by atoms with Gasteiger partial charge in [-0.1, -0.05) is 42.5 Å². The molecular weight excluding hydrogens is 304 g/mol. The normalized spacial score (nSPS) is 11.8. The van der Waals surface area contributed by atoms with E-state index < -0.39 is 11.8 Å². The lowest BCUT2D eigenvalue weighted by Crippen LogP contribution is -2.08. The first-order valence-electron chi connectivity index (χ1n) is 7.41. The van der Waals surface area contributed by atoms with Crippen LogP contribution in [-0.4, -0.2) is 22.0 Å². The number of aliphatic carboxylic acids is 1. The van der Waals surface area contributed by atoms with Crippen LogP contribution in [0.5, 0.6) is 5.75 Å². The average Bonchev–Trinajstić information content (AvgIpc) is 2.58. The number of hydrogen-bond donors (Lipinski definition) is 2. The van der Waals surface area contributed by atoms with Crippen molar-refractivity contribution in [3.05, 3.63) is 60.2 Å². The Morgan fingerprint density at radius 3 is 2.25 bits per heavy atom. The summed E-state index contributed by atoms with van der Waals surface area (Å²) in [6.07, 6.45) is 2.33. The molecule has 0 saturated heterocycles. The van der Waals surface area contributed by atoms with Crippen LogP contribution in [-0.2, 0) is 9.59 Å². The van der Waals surface area contributed by atoms with E-state index in [9.17, 15) is 14.7 Å². The number of carbonyl (C=O) groups excluding carboxylic acids is 1. The molecule has 0 saturated carbocycles. The van der Waals surface area contributed by atoms with Crippen molar-refractivity contribution in [1.29, 1.82) is 0 Å². The first kappa shape index (κ1) is 14.2. The molecule has 0 fully saturated rings. The highest BCUT2D eigenvalue weighted by atomic mass is 16.4. The lowest BCUT2D eigenvalue weighted by atomic mass is 9.91. The first-order chi connectivity index (χ1) is 11.6. The van der Waals surface area contributed by atoms with Crippen LogP contribution in [0.25, 0.3) is 38.4 Å². The number of phenolic OH excluding ortho intramolecular Hbond substituents is 1. The van der Waals surface area contributed by atoms with Gasteiger partial charge >= 0.3 is 5.97 Å². The van der Waals surface area contributed by atoms with Gasteiger partial charge in [0, 0.05) is 5.56 Å². The van der Waals surface area contributed by atoms with Gasteiger partial charge < -0.3 is 10.2 Å². The summed E-state index contributed by atoms with van der Waals surface area (Å²) >= 11 is 0. The third kappa shape index (κ3) is 2.01. The summed E-state index contributed by atoms with van der Waals surface area (Å²) in [5.74, 6) is -2.54. The maximum absolute atomic E-state index is 11.3. The predicted octanol–water partition coefficient (Wildman–Crippen LogP) is 3.96. The van der Waals surface area contributed by atoms with Gasteiger partial charge in [-0.25, -0.2) is 4.79 Å². The highest BCUT2D eigenvalue weighted by molar-refractivity contribution is 6.38. The molecule has 0 aliphatic rings. The molecule has 0 aromatic heterocycles. The molecule has 0 unspecified atom stereocenters. The molecular formula is C20H12O4. The van der Waals surface area contributed by atoms with E-state index in [1.165, 1.54) is 6.08 Å². The fourth-order valence-corrected chi connectivity index (χ4v) is 3.22. The van der Waals surface area contributed by atoms with Gasteiger partial charge in [-0.3, -0.25) is 4.79 Å². The van der Waals surface area contributed by atoms with Crippen molar-refractivity contribution in [2.24, 2.45) is 0 Å². The second-order valence-electron chi connectivity index (χ2n) is 5.67. The summed E-state index contributed by atoms with van der Waals surface area (Å²) in [6, 6.07) is 15.5. The summed E-state index contributed by atoms with van der Waals surface area (Å²) in [7, 11) is 0. The summed E-state index contributed by atoms with van der Waals surface area (Å²) in [5.41, 5.74) is 0.440. The Hall–Kier alpha value is -3.40. The number of phenols is 1. The average molecular weight is 316 g/mol. The first-order valence-corrected chi connectivity index (χ1v) is 7.41. The van der Waals surface area contributed by atoms with Crippen LogP contribution in [0.4, 0.5) is 0 Å². The van der Waals surface area contributed by atoms with Gasteiger partial charge in [-0.15, -0.1) is 0 Å². The Bertz CT molecular complexity index is 1140. The highest BCUT2D eigenvalue weighted by Crippen LogP contribution is 2.39. The van der Waals surface area contributed by atoms with Crippen LogP contribution in [0.2, 0.25) is 0 Å². The maximum Gasteiger partial charge on any atom is 0.376 e. The smallest absolute Gasteiger partial charge is 0.376 e. The molecule has 24 heavy (non-hydrogen) atoms. The second kappa shape index (κ2) is 5.06. The fourth-order valence-electron chi connectivity index (χ4n) is 3.22. The predicted molar refractivity (Wildman–Crippen MR) is 93.5 cm³/mol. The third-order valence-corrected chi connectivity index (χ3v) is 4.28. The van der Waals surface area contributed by atoms with Crippen molar-refractivity contribution in [2.75, 3.05) is 0 Å². The summed E-state index contributed by atoms with van der Waals surface area (Å²) < 4.78 is 0. The van der Waals surface area contributed by atoms with E-state index in [1.54, 1.807) is 6.07 Å². The number of carboxylic acid groups (broad SMARTS) is 1. The van der Waals surface area contributed by atoms with Crippen LogP contribution in [0, 0.1) is 0 Å². The molecule has 0 bridgehead atoms. The van der Waals surface area contributed by atoms with Crippen molar-refractivity contribution < 1.29 is 19.8 Å². The highest BCUT2D eigenvalue weighted by Gasteiger charge is 2.14. The van der Waals surface area contributed by atoms with Gasteiger partial charge in [0.05, 0.1) is 0 Å². The molecule has 0 radical (unpaired) electrons. The number of ketones is 1. The van der Waals surface area contributed by atoms with Crippen molar-refractivity contribution in [3.63, 3.8) is 0 Å².